The van der Waals surface area contributed by atoms with Crippen LogP contribution in [-0.2, 0) is 4.74 Å². The van der Waals surface area contributed by atoms with Gasteiger partial charge < -0.3 is 9.64 Å². The molecule has 0 heterocycles. The van der Waals surface area contributed by atoms with Crippen molar-refractivity contribution < 1.29 is 4.74 Å². The molecule has 0 amide bonds. The minimum atomic E-state index is -0.227. The number of hydrogen-bond acceptors (Lipinski definition) is 3. The standard InChI is InChI=1S/C14H24N2O/c1-8-14(17-7)10-16(6)13(5)15-9-12(4)11(2)3/h1,9,11-12,14H,5,10H2,2-4,6-7H3/b15-9-/t12?,14-/m0/s1. The smallest absolute Gasteiger partial charge is 0.134 e. The van der Waals surface area contributed by atoms with Gasteiger partial charge in [0.1, 0.15) is 11.9 Å². The number of ether oxygens (including phenoxy) is 1. The van der Waals surface area contributed by atoms with Crippen molar-refractivity contribution in [3.8, 4) is 12.3 Å². The number of rotatable bonds is 7. The number of aliphatic imine (C=N–C) groups is 1. The third-order valence-corrected chi connectivity index (χ3v) is 2.86. The molecule has 0 aromatic heterocycles. The van der Waals surface area contributed by atoms with Gasteiger partial charge in [-0.3, -0.25) is 0 Å². The summed E-state index contributed by atoms with van der Waals surface area (Å²) >= 11 is 0. The van der Waals surface area contributed by atoms with Crippen LogP contribution >= 0.6 is 0 Å². The van der Waals surface area contributed by atoms with Crippen molar-refractivity contribution >= 4 is 6.21 Å². The fourth-order valence-corrected chi connectivity index (χ4v) is 1.02. The van der Waals surface area contributed by atoms with Crippen molar-refractivity contribution in [1.29, 1.82) is 0 Å². The SMILES string of the molecule is C#C[C@@H](CN(C)C(=C)/N=C\C(C)C(C)C)OC. The first-order valence-corrected chi connectivity index (χ1v) is 5.85. The number of nitrogens with zero attached hydrogens (tertiary/aromatic N) is 2. The molecule has 0 bridgehead atoms. The molecular formula is C14H24N2O. The normalized spacial score (nSPS) is 14.6. The van der Waals surface area contributed by atoms with E-state index in [9.17, 15) is 0 Å². The van der Waals surface area contributed by atoms with E-state index >= 15 is 0 Å². The Morgan fingerprint density at radius 2 is 2.12 bits per heavy atom. The largest absolute Gasteiger partial charge is 0.367 e. The molecule has 0 rings (SSSR count). The van der Waals surface area contributed by atoms with Gasteiger partial charge in [-0.15, -0.1) is 6.42 Å². The van der Waals surface area contributed by atoms with Gasteiger partial charge in [-0.05, 0) is 11.8 Å². The van der Waals surface area contributed by atoms with Crippen LogP contribution in [0, 0.1) is 24.2 Å². The maximum atomic E-state index is 5.32. The summed E-state index contributed by atoms with van der Waals surface area (Å²) in [5.74, 6) is 4.28. The zero-order chi connectivity index (χ0) is 13.4. The molecule has 0 aromatic rings. The Morgan fingerprint density at radius 3 is 2.53 bits per heavy atom. The Morgan fingerprint density at radius 1 is 1.53 bits per heavy atom. The lowest BCUT2D eigenvalue weighted by molar-refractivity contribution is 0.123. The molecule has 0 aliphatic rings. The van der Waals surface area contributed by atoms with Crippen LogP contribution < -0.4 is 0 Å². The molecule has 96 valence electrons. The van der Waals surface area contributed by atoms with E-state index in [4.69, 9.17) is 11.2 Å². The average Bonchev–Trinajstić information content (AvgIpc) is 2.31. The van der Waals surface area contributed by atoms with Crippen molar-refractivity contribution in [3.63, 3.8) is 0 Å². The van der Waals surface area contributed by atoms with E-state index in [1.54, 1.807) is 7.11 Å². The van der Waals surface area contributed by atoms with Crippen LogP contribution in [0.15, 0.2) is 17.4 Å². The Labute approximate surface area is 106 Å². The predicted molar refractivity (Wildman–Crippen MR) is 73.9 cm³/mol. The van der Waals surface area contributed by atoms with Gasteiger partial charge in [0.05, 0.1) is 6.54 Å². The summed E-state index contributed by atoms with van der Waals surface area (Å²) in [5, 5.41) is 0. The molecule has 1 unspecified atom stereocenters. The lowest BCUT2D eigenvalue weighted by Gasteiger charge is -2.21. The topological polar surface area (TPSA) is 24.8 Å². The Kier molecular flexibility index (Phi) is 7.32. The second kappa shape index (κ2) is 7.92. The van der Waals surface area contributed by atoms with E-state index in [1.165, 1.54) is 0 Å². The second-order valence-electron chi connectivity index (χ2n) is 4.57. The predicted octanol–water partition coefficient (Wildman–Crippen LogP) is 2.40. The molecule has 0 N–H and O–H groups in total. The molecule has 0 aliphatic heterocycles. The van der Waals surface area contributed by atoms with E-state index in [2.05, 4.69) is 38.3 Å². The van der Waals surface area contributed by atoms with Gasteiger partial charge in [-0.25, -0.2) is 4.99 Å². The number of terminal acetylenes is 1. The fourth-order valence-electron chi connectivity index (χ4n) is 1.02. The maximum Gasteiger partial charge on any atom is 0.134 e. The highest BCUT2D eigenvalue weighted by molar-refractivity contribution is 5.61. The molecule has 0 saturated carbocycles. The molecular weight excluding hydrogens is 212 g/mol. The van der Waals surface area contributed by atoms with Crippen LogP contribution in [0.2, 0.25) is 0 Å². The van der Waals surface area contributed by atoms with Crippen LogP contribution in [0.4, 0.5) is 0 Å². The van der Waals surface area contributed by atoms with Crippen molar-refractivity contribution in [3.05, 3.63) is 12.4 Å². The van der Waals surface area contributed by atoms with E-state index < -0.39 is 0 Å². The molecule has 3 nitrogen and oxygen atoms in total. The summed E-state index contributed by atoms with van der Waals surface area (Å²) in [7, 11) is 3.51. The van der Waals surface area contributed by atoms with Crippen LogP contribution in [0.25, 0.3) is 0 Å². The Balaban J connectivity index is 4.28. The second-order valence-corrected chi connectivity index (χ2v) is 4.57. The summed E-state index contributed by atoms with van der Waals surface area (Å²) in [5.41, 5.74) is 0. The van der Waals surface area contributed by atoms with Gasteiger partial charge in [0.15, 0.2) is 0 Å². The molecule has 0 saturated heterocycles. The minimum Gasteiger partial charge on any atom is -0.367 e. The van der Waals surface area contributed by atoms with Crippen LogP contribution in [0.5, 0.6) is 0 Å². The molecule has 0 aromatic carbocycles. The van der Waals surface area contributed by atoms with Gasteiger partial charge in [0.2, 0.25) is 0 Å². The summed E-state index contributed by atoms with van der Waals surface area (Å²) in [6, 6.07) is 0. The Hall–Kier alpha value is -1.27. The van der Waals surface area contributed by atoms with Gasteiger partial charge >= 0.3 is 0 Å². The number of hydrogen-bond donors (Lipinski definition) is 0. The minimum absolute atomic E-state index is 0.227. The van der Waals surface area contributed by atoms with E-state index in [0.29, 0.717) is 24.2 Å². The number of likely N-dealkylation sites (N-methyl/N-ethyl adjacent to an activating group) is 1. The van der Waals surface area contributed by atoms with E-state index in [1.807, 2.05) is 18.2 Å². The highest BCUT2D eigenvalue weighted by Gasteiger charge is 2.09. The van der Waals surface area contributed by atoms with E-state index in [-0.39, 0.29) is 6.10 Å². The van der Waals surface area contributed by atoms with Crippen LogP contribution in [-0.4, -0.2) is 37.9 Å². The van der Waals surface area contributed by atoms with Crippen molar-refractivity contribution in [2.24, 2.45) is 16.8 Å². The third kappa shape index (κ3) is 6.13. The van der Waals surface area contributed by atoms with Crippen molar-refractivity contribution in [2.45, 2.75) is 26.9 Å². The molecule has 0 radical (unpaired) electrons. The molecule has 17 heavy (non-hydrogen) atoms. The molecule has 0 spiro atoms. The highest BCUT2D eigenvalue weighted by atomic mass is 16.5. The van der Waals surface area contributed by atoms with Gasteiger partial charge in [-0.1, -0.05) is 33.3 Å². The first-order chi connectivity index (χ1) is 7.92. The monoisotopic (exact) mass is 236 g/mol. The van der Waals surface area contributed by atoms with Crippen molar-refractivity contribution in [2.75, 3.05) is 20.7 Å². The summed E-state index contributed by atoms with van der Waals surface area (Å²) < 4.78 is 5.11. The lowest BCUT2D eigenvalue weighted by atomic mass is 10.00. The molecule has 0 aliphatic carbocycles. The zero-order valence-electron chi connectivity index (χ0n) is 11.6. The molecule has 2 atom stereocenters. The first kappa shape index (κ1) is 15.7. The summed E-state index contributed by atoms with van der Waals surface area (Å²) in [6.07, 6.45) is 7.03. The first-order valence-electron chi connectivity index (χ1n) is 5.85. The van der Waals surface area contributed by atoms with Gasteiger partial charge in [0, 0.05) is 20.4 Å². The summed E-state index contributed by atoms with van der Waals surface area (Å²) in [4.78, 5) is 6.25. The maximum absolute atomic E-state index is 5.32. The lowest BCUT2D eigenvalue weighted by Crippen LogP contribution is -2.28. The molecule has 3 heteroatoms. The van der Waals surface area contributed by atoms with E-state index in [0.717, 1.165) is 0 Å². The molecule has 0 fully saturated rings. The third-order valence-electron chi connectivity index (χ3n) is 2.86. The van der Waals surface area contributed by atoms with Crippen molar-refractivity contribution in [1.82, 2.24) is 4.90 Å². The van der Waals surface area contributed by atoms with Gasteiger partial charge in [-0.2, -0.15) is 0 Å². The van der Waals surface area contributed by atoms with Gasteiger partial charge in [0.25, 0.3) is 0 Å². The Bertz CT molecular complexity index is 302. The summed E-state index contributed by atoms with van der Waals surface area (Å²) in [6.45, 7) is 11.0. The fraction of sp³-hybridized carbons (Fsp3) is 0.643. The van der Waals surface area contributed by atoms with Crippen LogP contribution in [0.3, 0.4) is 0 Å². The van der Waals surface area contributed by atoms with Crippen LogP contribution in [0.1, 0.15) is 20.8 Å². The highest BCUT2D eigenvalue weighted by Crippen LogP contribution is 2.09. The quantitative estimate of drug-likeness (QED) is 0.501. The average molecular weight is 236 g/mol. The number of methoxy groups -OCH3 is 1. The zero-order valence-corrected chi connectivity index (χ0v) is 11.6.